The Morgan fingerprint density at radius 3 is 2.65 bits per heavy atom. The second-order valence-electron chi connectivity index (χ2n) is 5.61. The number of hydrogen-bond donors (Lipinski definition) is 1. The largest absolute Gasteiger partial charge is 0.469 e. The molecule has 2 aromatic heterocycles. The zero-order valence-electron chi connectivity index (χ0n) is 14.5. The summed E-state index contributed by atoms with van der Waals surface area (Å²) in [6, 6.07) is 8.62. The topological polar surface area (TPSA) is 98.2 Å². The van der Waals surface area contributed by atoms with E-state index in [-0.39, 0.29) is 16.9 Å². The lowest BCUT2D eigenvalue weighted by Gasteiger charge is -2.12. The van der Waals surface area contributed by atoms with Crippen molar-refractivity contribution in [2.75, 3.05) is 5.32 Å². The second kappa shape index (κ2) is 7.57. The number of hydrogen-bond acceptors (Lipinski definition) is 7. The number of carbonyl (C=O) groups is 2. The highest BCUT2D eigenvalue weighted by Gasteiger charge is 2.21. The number of para-hydroxylation sites is 1. The number of thioether (sulfide) groups is 1. The summed E-state index contributed by atoms with van der Waals surface area (Å²) in [6.45, 7) is 4.99. The standard InChI is InChI=1S/C18H17N3O4S/c1-10(22)13-6-4-5-7-15(13)19-16(23)12(3)26-18-21-20-17(25-18)14-8-9-24-11(14)2/h4-9,12H,1-3H3,(H,19,23)/t12-/m0/s1. The number of furan rings is 1. The molecule has 134 valence electrons. The third kappa shape index (κ3) is 3.85. The van der Waals surface area contributed by atoms with E-state index in [1.54, 1.807) is 50.4 Å². The van der Waals surface area contributed by atoms with Crippen LogP contribution in [0, 0.1) is 6.92 Å². The molecule has 0 saturated heterocycles. The fourth-order valence-corrected chi connectivity index (χ4v) is 2.99. The zero-order valence-corrected chi connectivity index (χ0v) is 15.3. The van der Waals surface area contributed by atoms with Crippen LogP contribution in [0.1, 0.15) is 30.0 Å². The van der Waals surface area contributed by atoms with Crippen LogP contribution in [0.2, 0.25) is 0 Å². The van der Waals surface area contributed by atoms with E-state index < -0.39 is 5.25 Å². The molecule has 1 aromatic carbocycles. The number of anilines is 1. The lowest BCUT2D eigenvalue weighted by molar-refractivity contribution is -0.115. The minimum atomic E-state index is -0.492. The first kappa shape index (κ1) is 17.9. The van der Waals surface area contributed by atoms with Gasteiger partial charge in [-0.05, 0) is 39.0 Å². The van der Waals surface area contributed by atoms with E-state index in [2.05, 4.69) is 15.5 Å². The van der Waals surface area contributed by atoms with E-state index in [0.717, 1.165) is 17.3 Å². The summed E-state index contributed by atoms with van der Waals surface area (Å²) in [4.78, 5) is 24.1. The number of amides is 1. The zero-order chi connectivity index (χ0) is 18.7. The summed E-state index contributed by atoms with van der Waals surface area (Å²) in [5.41, 5.74) is 1.67. The van der Waals surface area contributed by atoms with Gasteiger partial charge in [0.15, 0.2) is 5.78 Å². The Kier molecular flexibility index (Phi) is 5.22. The number of Topliss-reactive ketones (excluding diaryl/α,β-unsaturated/α-hetero) is 1. The summed E-state index contributed by atoms with van der Waals surface area (Å²) in [7, 11) is 0. The Morgan fingerprint density at radius 2 is 1.96 bits per heavy atom. The minimum Gasteiger partial charge on any atom is -0.469 e. The molecule has 0 saturated carbocycles. The van der Waals surface area contributed by atoms with Crippen molar-refractivity contribution in [1.29, 1.82) is 0 Å². The molecule has 3 rings (SSSR count). The molecule has 1 amide bonds. The van der Waals surface area contributed by atoms with Crippen LogP contribution in [-0.2, 0) is 4.79 Å². The smallest absolute Gasteiger partial charge is 0.277 e. The molecule has 3 aromatic rings. The third-order valence-corrected chi connectivity index (χ3v) is 4.64. The molecular weight excluding hydrogens is 354 g/mol. The summed E-state index contributed by atoms with van der Waals surface area (Å²) >= 11 is 1.14. The molecule has 2 heterocycles. The summed E-state index contributed by atoms with van der Waals surface area (Å²) in [5.74, 6) is 0.645. The predicted molar refractivity (Wildman–Crippen MR) is 97.1 cm³/mol. The van der Waals surface area contributed by atoms with E-state index in [1.165, 1.54) is 6.92 Å². The molecule has 0 aliphatic heterocycles. The lowest BCUT2D eigenvalue weighted by Crippen LogP contribution is -2.23. The van der Waals surface area contributed by atoms with E-state index in [0.29, 0.717) is 22.9 Å². The van der Waals surface area contributed by atoms with Crippen LogP contribution in [0.3, 0.4) is 0 Å². The maximum Gasteiger partial charge on any atom is 0.277 e. The van der Waals surface area contributed by atoms with Crippen molar-refractivity contribution in [1.82, 2.24) is 10.2 Å². The van der Waals surface area contributed by atoms with Gasteiger partial charge in [-0.1, -0.05) is 23.9 Å². The predicted octanol–water partition coefficient (Wildman–Crippen LogP) is 3.96. The van der Waals surface area contributed by atoms with Crippen molar-refractivity contribution in [2.24, 2.45) is 0 Å². The van der Waals surface area contributed by atoms with E-state index in [9.17, 15) is 9.59 Å². The van der Waals surface area contributed by atoms with Gasteiger partial charge in [0.25, 0.3) is 11.1 Å². The molecule has 0 aliphatic rings. The van der Waals surface area contributed by atoms with E-state index in [1.807, 2.05) is 0 Å². The molecule has 26 heavy (non-hydrogen) atoms. The number of rotatable bonds is 6. The van der Waals surface area contributed by atoms with Gasteiger partial charge in [-0.15, -0.1) is 10.2 Å². The normalized spacial score (nSPS) is 12.0. The van der Waals surface area contributed by atoms with Crippen molar-refractivity contribution in [3.05, 3.63) is 47.9 Å². The number of carbonyl (C=O) groups excluding carboxylic acids is 2. The number of benzene rings is 1. The van der Waals surface area contributed by atoms with Crippen molar-refractivity contribution >= 4 is 29.1 Å². The van der Waals surface area contributed by atoms with Crippen LogP contribution in [0.5, 0.6) is 0 Å². The molecule has 0 aliphatic carbocycles. The first-order chi connectivity index (χ1) is 12.5. The van der Waals surface area contributed by atoms with E-state index in [4.69, 9.17) is 8.83 Å². The molecule has 0 unspecified atom stereocenters. The number of nitrogens with zero attached hydrogens (tertiary/aromatic N) is 2. The average molecular weight is 371 g/mol. The Balaban J connectivity index is 1.68. The Bertz CT molecular complexity index is 947. The van der Waals surface area contributed by atoms with Crippen LogP contribution < -0.4 is 5.32 Å². The van der Waals surface area contributed by atoms with Gasteiger partial charge >= 0.3 is 0 Å². The molecular formula is C18H17N3O4S. The molecule has 1 atom stereocenters. The van der Waals surface area contributed by atoms with Crippen LogP contribution in [0.4, 0.5) is 5.69 Å². The monoisotopic (exact) mass is 371 g/mol. The fourth-order valence-electron chi connectivity index (χ4n) is 2.31. The highest BCUT2D eigenvalue weighted by molar-refractivity contribution is 8.00. The maximum atomic E-state index is 12.4. The maximum absolute atomic E-state index is 12.4. The molecule has 0 spiro atoms. The van der Waals surface area contributed by atoms with Gasteiger partial charge in [-0.2, -0.15) is 0 Å². The molecule has 1 N–H and O–H groups in total. The van der Waals surface area contributed by atoms with Crippen molar-refractivity contribution in [3.8, 4) is 11.5 Å². The lowest BCUT2D eigenvalue weighted by atomic mass is 10.1. The van der Waals surface area contributed by atoms with Crippen molar-refractivity contribution in [3.63, 3.8) is 0 Å². The Morgan fingerprint density at radius 1 is 1.19 bits per heavy atom. The summed E-state index contributed by atoms with van der Waals surface area (Å²) < 4.78 is 10.8. The molecule has 0 bridgehead atoms. The molecule has 0 radical (unpaired) electrons. The van der Waals surface area contributed by atoms with Gasteiger partial charge in [-0.25, -0.2) is 0 Å². The highest BCUT2D eigenvalue weighted by atomic mass is 32.2. The number of nitrogens with one attached hydrogen (secondary N) is 1. The average Bonchev–Trinajstić information content (AvgIpc) is 3.23. The van der Waals surface area contributed by atoms with Gasteiger partial charge in [0.2, 0.25) is 5.91 Å². The van der Waals surface area contributed by atoms with E-state index >= 15 is 0 Å². The van der Waals surface area contributed by atoms with Crippen molar-refractivity contribution in [2.45, 2.75) is 31.2 Å². The Labute approximate surface area is 154 Å². The highest BCUT2D eigenvalue weighted by Crippen LogP contribution is 2.29. The Hall–Kier alpha value is -2.87. The van der Waals surface area contributed by atoms with Crippen LogP contribution in [-0.4, -0.2) is 27.1 Å². The van der Waals surface area contributed by atoms with Crippen LogP contribution >= 0.6 is 11.8 Å². The van der Waals surface area contributed by atoms with Gasteiger partial charge in [-0.3, -0.25) is 9.59 Å². The van der Waals surface area contributed by atoms with Crippen molar-refractivity contribution < 1.29 is 18.4 Å². The quantitative estimate of drug-likeness (QED) is 0.517. The SMILES string of the molecule is CC(=O)c1ccccc1NC(=O)[C@H](C)Sc1nnc(-c2ccoc2C)o1. The summed E-state index contributed by atoms with van der Waals surface area (Å²) in [5, 5.41) is 10.5. The third-order valence-electron chi connectivity index (χ3n) is 3.71. The van der Waals surface area contributed by atoms with Gasteiger partial charge in [0, 0.05) is 5.56 Å². The number of ketones is 1. The molecule has 7 nitrogen and oxygen atoms in total. The first-order valence-electron chi connectivity index (χ1n) is 7.91. The molecule has 8 heteroatoms. The number of aromatic nitrogens is 2. The second-order valence-corrected chi connectivity index (χ2v) is 6.91. The minimum absolute atomic E-state index is 0.113. The number of aryl methyl sites for hydroxylation is 1. The fraction of sp³-hybridized carbons (Fsp3) is 0.222. The summed E-state index contributed by atoms with van der Waals surface area (Å²) in [6.07, 6.45) is 1.55. The van der Waals surface area contributed by atoms with Gasteiger partial charge in [0.1, 0.15) is 5.76 Å². The van der Waals surface area contributed by atoms with Gasteiger partial charge < -0.3 is 14.2 Å². The molecule has 0 fully saturated rings. The van der Waals surface area contributed by atoms with Gasteiger partial charge in [0.05, 0.1) is 22.8 Å². The van der Waals surface area contributed by atoms with Crippen LogP contribution in [0.25, 0.3) is 11.5 Å². The van der Waals surface area contributed by atoms with Crippen LogP contribution in [0.15, 0.2) is 50.7 Å². The first-order valence-corrected chi connectivity index (χ1v) is 8.79.